The lowest BCUT2D eigenvalue weighted by molar-refractivity contribution is -0.262. The number of unbranched alkanes of at least 4 members (excludes halogenated alkanes) is 1. The minimum absolute atomic E-state index is 0.111. The summed E-state index contributed by atoms with van der Waals surface area (Å²) in [6, 6.07) is 0. The van der Waals surface area contributed by atoms with Crippen molar-refractivity contribution < 1.29 is 19.0 Å². The summed E-state index contributed by atoms with van der Waals surface area (Å²) < 4.78 is 16.5. The molecule has 0 aromatic rings. The van der Waals surface area contributed by atoms with Crippen LogP contribution < -0.4 is 0 Å². The number of allylic oxidation sites excluding steroid dienone is 1. The average molecular weight is 284 g/mol. The molecule has 1 aliphatic rings. The molecule has 0 aromatic heterocycles. The number of carbonyl (C=O) groups is 1. The molecule has 0 N–H and O–H groups in total. The van der Waals surface area contributed by atoms with Gasteiger partial charge >= 0.3 is 5.97 Å². The Kier molecular flexibility index (Phi) is 6.21. The van der Waals surface area contributed by atoms with E-state index in [4.69, 9.17) is 14.2 Å². The SMILES string of the molecule is CC(C)(C)OC(=O)CCC/C=C\[C@@H]1CCOC(C)(C)O1. The highest BCUT2D eigenvalue weighted by Gasteiger charge is 2.27. The summed E-state index contributed by atoms with van der Waals surface area (Å²) in [4.78, 5) is 11.5. The maximum Gasteiger partial charge on any atom is 0.306 e. The van der Waals surface area contributed by atoms with E-state index in [1.165, 1.54) is 0 Å². The molecule has 20 heavy (non-hydrogen) atoms. The first-order valence-electron chi connectivity index (χ1n) is 7.38. The van der Waals surface area contributed by atoms with Gasteiger partial charge in [-0.3, -0.25) is 4.79 Å². The fourth-order valence-electron chi connectivity index (χ4n) is 2.02. The molecule has 0 radical (unpaired) electrons. The van der Waals surface area contributed by atoms with Gasteiger partial charge in [-0.25, -0.2) is 0 Å². The second kappa shape index (κ2) is 7.23. The first-order valence-corrected chi connectivity index (χ1v) is 7.38. The van der Waals surface area contributed by atoms with Crippen molar-refractivity contribution in [2.75, 3.05) is 6.61 Å². The van der Waals surface area contributed by atoms with Crippen LogP contribution in [0.3, 0.4) is 0 Å². The molecule has 1 saturated heterocycles. The van der Waals surface area contributed by atoms with Gasteiger partial charge in [0.2, 0.25) is 0 Å². The fourth-order valence-corrected chi connectivity index (χ4v) is 2.02. The highest BCUT2D eigenvalue weighted by molar-refractivity contribution is 5.69. The minimum atomic E-state index is -0.496. The summed E-state index contributed by atoms with van der Waals surface area (Å²) >= 11 is 0. The van der Waals surface area contributed by atoms with E-state index < -0.39 is 11.4 Å². The molecule has 4 heteroatoms. The third kappa shape index (κ3) is 7.65. The predicted molar refractivity (Wildman–Crippen MR) is 78.4 cm³/mol. The third-order valence-corrected chi connectivity index (χ3v) is 2.81. The molecular weight excluding hydrogens is 256 g/mol. The lowest BCUT2D eigenvalue weighted by atomic mass is 10.1. The molecular formula is C16H28O4. The standard InChI is InChI=1S/C16H28O4/c1-15(2,3)20-14(17)10-8-6-7-9-13-11-12-18-16(4,5)19-13/h7,9,13H,6,8,10-12H2,1-5H3/b9-7-/t13-/m1/s1. The molecule has 0 spiro atoms. The van der Waals surface area contributed by atoms with Gasteiger partial charge < -0.3 is 14.2 Å². The van der Waals surface area contributed by atoms with Crippen LogP contribution in [0.2, 0.25) is 0 Å². The molecule has 0 unspecified atom stereocenters. The second-order valence-electron chi connectivity index (χ2n) is 6.60. The van der Waals surface area contributed by atoms with E-state index in [0.29, 0.717) is 6.42 Å². The zero-order valence-electron chi connectivity index (χ0n) is 13.4. The van der Waals surface area contributed by atoms with Gasteiger partial charge in [0.25, 0.3) is 0 Å². The Balaban J connectivity index is 2.18. The zero-order chi connectivity index (χ0) is 15.2. The predicted octanol–water partition coefficient (Wildman–Crippen LogP) is 3.60. The van der Waals surface area contributed by atoms with E-state index in [0.717, 1.165) is 25.9 Å². The molecule has 0 amide bonds. The number of ether oxygens (including phenoxy) is 3. The first kappa shape index (κ1) is 17.2. The smallest absolute Gasteiger partial charge is 0.306 e. The van der Waals surface area contributed by atoms with Crippen LogP contribution in [0.1, 0.15) is 60.3 Å². The molecule has 1 heterocycles. The van der Waals surface area contributed by atoms with Crippen LogP contribution in [-0.2, 0) is 19.0 Å². The lowest BCUT2D eigenvalue weighted by Gasteiger charge is -2.34. The molecule has 1 fully saturated rings. The van der Waals surface area contributed by atoms with Gasteiger partial charge in [0.05, 0.1) is 12.7 Å². The lowest BCUT2D eigenvalue weighted by Crippen LogP contribution is -2.38. The third-order valence-electron chi connectivity index (χ3n) is 2.81. The van der Waals surface area contributed by atoms with Crippen molar-refractivity contribution >= 4 is 5.97 Å². The molecule has 1 aliphatic heterocycles. The minimum Gasteiger partial charge on any atom is -0.460 e. The summed E-state index contributed by atoms with van der Waals surface area (Å²) in [6.45, 7) is 10.2. The summed E-state index contributed by atoms with van der Waals surface area (Å²) in [6.07, 6.45) is 7.27. The average Bonchev–Trinajstić information content (AvgIpc) is 2.24. The van der Waals surface area contributed by atoms with E-state index in [9.17, 15) is 4.79 Å². The van der Waals surface area contributed by atoms with Crippen LogP contribution in [0.4, 0.5) is 0 Å². The Hall–Kier alpha value is -0.870. The summed E-state index contributed by atoms with van der Waals surface area (Å²) in [5.41, 5.74) is -0.394. The quantitative estimate of drug-likeness (QED) is 0.439. The molecule has 0 bridgehead atoms. The number of hydrogen-bond acceptors (Lipinski definition) is 4. The summed E-state index contributed by atoms with van der Waals surface area (Å²) in [7, 11) is 0. The van der Waals surface area contributed by atoms with Crippen LogP contribution in [0, 0.1) is 0 Å². The van der Waals surface area contributed by atoms with E-state index in [-0.39, 0.29) is 12.1 Å². The Bertz CT molecular complexity index is 339. The number of carbonyl (C=O) groups excluding carboxylic acids is 1. The normalized spacial score (nSPS) is 22.9. The van der Waals surface area contributed by atoms with Crippen LogP contribution in [0.5, 0.6) is 0 Å². The largest absolute Gasteiger partial charge is 0.460 e. The van der Waals surface area contributed by atoms with E-state index in [2.05, 4.69) is 12.2 Å². The number of rotatable bonds is 5. The summed E-state index contributed by atoms with van der Waals surface area (Å²) in [5.74, 6) is -0.626. The number of hydrogen-bond donors (Lipinski definition) is 0. The van der Waals surface area contributed by atoms with Gasteiger partial charge in [0.1, 0.15) is 5.60 Å². The van der Waals surface area contributed by atoms with Crippen molar-refractivity contribution in [3.8, 4) is 0 Å². The van der Waals surface area contributed by atoms with Gasteiger partial charge in [0, 0.05) is 12.8 Å². The van der Waals surface area contributed by atoms with Gasteiger partial charge in [-0.2, -0.15) is 0 Å². The van der Waals surface area contributed by atoms with Gasteiger partial charge in [0.15, 0.2) is 5.79 Å². The van der Waals surface area contributed by atoms with Gasteiger partial charge in [-0.15, -0.1) is 0 Å². The first-order chi connectivity index (χ1) is 9.18. The van der Waals surface area contributed by atoms with Crippen molar-refractivity contribution in [2.24, 2.45) is 0 Å². The van der Waals surface area contributed by atoms with Crippen molar-refractivity contribution in [3.63, 3.8) is 0 Å². The Morgan fingerprint density at radius 2 is 2.10 bits per heavy atom. The molecule has 1 rings (SSSR count). The van der Waals surface area contributed by atoms with E-state index in [1.54, 1.807) is 0 Å². The highest BCUT2D eigenvalue weighted by Crippen LogP contribution is 2.22. The van der Waals surface area contributed by atoms with Crippen molar-refractivity contribution in [1.29, 1.82) is 0 Å². The topological polar surface area (TPSA) is 44.8 Å². The van der Waals surface area contributed by atoms with Gasteiger partial charge in [-0.05, 0) is 47.5 Å². The van der Waals surface area contributed by atoms with Crippen LogP contribution in [0.25, 0.3) is 0 Å². The molecule has 4 nitrogen and oxygen atoms in total. The molecule has 0 aromatic carbocycles. The van der Waals surface area contributed by atoms with Crippen LogP contribution >= 0.6 is 0 Å². The van der Waals surface area contributed by atoms with E-state index in [1.807, 2.05) is 34.6 Å². The molecule has 0 aliphatic carbocycles. The van der Waals surface area contributed by atoms with Crippen molar-refractivity contribution in [1.82, 2.24) is 0 Å². The monoisotopic (exact) mass is 284 g/mol. The van der Waals surface area contributed by atoms with Crippen LogP contribution in [0.15, 0.2) is 12.2 Å². The number of esters is 1. The second-order valence-corrected chi connectivity index (χ2v) is 6.60. The van der Waals surface area contributed by atoms with Crippen molar-refractivity contribution in [3.05, 3.63) is 12.2 Å². The van der Waals surface area contributed by atoms with Crippen molar-refractivity contribution in [2.45, 2.75) is 77.8 Å². The zero-order valence-corrected chi connectivity index (χ0v) is 13.4. The molecule has 1 atom stereocenters. The van der Waals surface area contributed by atoms with Gasteiger partial charge in [-0.1, -0.05) is 12.2 Å². The van der Waals surface area contributed by atoms with E-state index >= 15 is 0 Å². The fraction of sp³-hybridized carbons (Fsp3) is 0.812. The Morgan fingerprint density at radius 1 is 1.40 bits per heavy atom. The Labute approximate surface area is 122 Å². The maximum absolute atomic E-state index is 11.5. The Morgan fingerprint density at radius 3 is 2.70 bits per heavy atom. The molecule has 116 valence electrons. The maximum atomic E-state index is 11.5. The summed E-state index contributed by atoms with van der Waals surface area (Å²) in [5, 5.41) is 0. The highest BCUT2D eigenvalue weighted by atomic mass is 16.7. The van der Waals surface area contributed by atoms with Crippen LogP contribution in [-0.4, -0.2) is 30.1 Å². The molecule has 0 saturated carbocycles.